The molecule has 3 aromatic rings. The van der Waals surface area contributed by atoms with Crippen molar-refractivity contribution in [2.75, 3.05) is 18.4 Å². The molecule has 3 rings (SSSR count). The van der Waals surface area contributed by atoms with Crippen molar-refractivity contribution >= 4 is 32.4 Å². The smallest absolute Gasteiger partial charge is 0.244 e. The Bertz CT molecular complexity index is 1090. The van der Waals surface area contributed by atoms with Gasteiger partial charge in [0.1, 0.15) is 0 Å². The highest BCUT2D eigenvalue weighted by molar-refractivity contribution is 7.89. The van der Waals surface area contributed by atoms with Gasteiger partial charge in [-0.2, -0.15) is 4.31 Å². The highest BCUT2D eigenvalue weighted by atomic mass is 32.2. The summed E-state index contributed by atoms with van der Waals surface area (Å²) in [5, 5.41) is 4.14. The van der Waals surface area contributed by atoms with Crippen molar-refractivity contribution in [2.24, 2.45) is 0 Å². The zero-order chi connectivity index (χ0) is 20.1. The molecule has 0 atom stereocenters. The first-order valence-electron chi connectivity index (χ1n) is 9.12. The number of aryl methyl sites for hydroxylation is 1. The van der Waals surface area contributed by atoms with Crippen molar-refractivity contribution in [1.29, 1.82) is 0 Å². The van der Waals surface area contributed by atoms with Crippen molar-refractivity contribution in [3.8, 4) is 0 Å². The maximum atomic E-state index is 13.3. The van der Waals surface area contributed by atoms with Crippen LogP contribution < -0.4 is 5.32 Å². The SMILES string of the molecule is CCCN(CC(=O)Nc1ccccc1C)S(=O)(=O)c1cccc2cnccc12. The number of rotatable bonds is 7. The van der Waals surface area contributed by atoms with Gasteiger partial charge in [-0.05, 0) is 37.1 Å². The second-order valence-corrected chi connectivity index (χ2v) is 8.46. The number of para-hydroxylation sites is 1. The average molecular weight is 398 g/mol. The molecule has 0 unspecified atom stereocenters. The Hall–Kier alpha value is -2.77. The number of nitrogens with one attached hydrogen (secondary N) is 1. The number of benzene rings is 2. The van der Waals surface area contributed by atoms with Crippen LogP contribution in [-0.4, -0.2) is 36.7 Å². The number of hydrogen-bond acceptors (Lipinski definition) is 4. The molecular formula is C21H23N3O3S. The quantitative estimate of drug-likeness (QED) is 0.661. The van der Waals surface area contributed by atoms with Gasteiger partial charge < -0.3 is 5.32 Å². The molecule has 7 heteroatoms. The summed E-state index contributed by atoms with van der Waals surface area (Å²) in [5.74, 6) is -0.367. The van der Waals surface area contributed by atoms with Crippen molar-refractivity contribution < 1.29 is 13.2 Å². The van der Waals surface area contributed by atoms with Gasteiger partial charge in [-0.15, -0.1) is 0 Å². The highest BCUT2D eigenvalue weighted by Crippen LogP contribution is 2.25. The summed E-state index contributed by atoms with van der Waals surface area (Å²) in [6, 6.07) is 14.1. The topological polar surface area (TPSA) is 79.4 Å². The van der Waals surface area contributed by atoms with Crippen LogP contribution in [0.3, 0.4) is 0 Å². The number of amides is 1. The number of pyridine rings is 1. The van der Waals surface area contributed by atoms with Crippen LogP contribution in [0.4, 0.5) is 5.69 Å². The van der Waals surface area contributed by atoms with E-state index in [-0.39, 0.29) is 23.9 Å². The molecule has 1 heterocycles. The fraction of sp³-hybridized carbons (Fsp3) is 0.238. The molecule has 0 fully saturated rings. The van der Waals surface area contributed by atoms with E-state index < -0.39 is 10.0 Å². The Morgan fingerprint density at radius 3 is 2.64 bits per heavy atom. The first kappa shape index (κ1) is 20.0. The number of nitrogens with zero attached hydrogens (tertiary/aromatic N) is 2. The fourth-order valence-electron chi connectivity index (χ4n) is 3.05. The number of aromatic nitrogens is 1. The maximum Gasteiger partial charge on any atom is 0.244 e. The number of fused-ring (bicyclic) bond motifs is 1. The molecule has 0 aliphatic heterocycles. The van der Waals surface area contributed by atoms with Crippen LogP contribution in [0, 0.1) is 6.92 Å². The summed E-state index contributed by atoms with van der Waals surface area (Å²) in [4.78, 5) is 16.8. The average Bonchev–Trinajstić information content (AvgIpc) is 2.69. The first-order valence-corrected chi connectivity index (χ1v) is 10.6. The summed E-state index contributed by atoms with van der Waals surface area (Å²) < 4.78 is 27.9. The highest BCUT2D eigenvalue weighted by Gasteiger charge is 2.27. The predicted molar refractivity (Wildman–Crippen MR) is 111 cm³/mol. The first-order chi connectivity index (χ1) is 13.4. The van der Waals surface area contributed by atoms with E-state index >= 15 is 0 Å². The van der Waals surface area contributed by atoms with Gasteiger partial charge in [0.05, 0.1) is 11.4 Å². The molecule has 0 saturated heterocycles. The Labute approximate surface area is 165 Å². The third kappa shape index (κ3) is 4.21. The second kappa shape index (κ2) is 8.50. The molecule has 28 heavy (non-hydrogen) atoms. The van der Waals surface area contributed by atoms with Gasteiger partial charge in [0, 0.05) is 35.4 Å². The number of anilines is 1. The molecule has 0 aliphatic rings. The Morgan fingerprint density at radius 1 is 1.11 bits per heavy atom. The van der Waals surface area contributed by atoms with Gasteiger partial charge >= 0.3 is 0 Å². The summed E-state index contributed by atoms with van der Waals surface area (Å²) in [7, 11) is -3.84. The van der Waals surface area contributed by atoms with E-state index in [2.05, 4.69) is 10.3 Å². The minimum Gasteiger partial charge on any atom is -0.325 e. The van der Waals surface area contributed by atoms with Crippen LogP contribution in [0.25, 0.3) is 10.8 Å². The minimum atomic E-state index is -3.84. The lowest BCUT2D eigenvalue weighted by molar-refractivity contribution is -0.116. The second-order valence-electron chi connectivity index (χ2n) is 6.55. The van der Waals surface area contributed by atoms with Crippen LogP contribution in [0.1, 0.15) is 18.9 Å². The fourth-order valence-corrected chi connectivity index (χ4v) is 4.76. The Balaban J connectivity index is 1.90. The van der Waals surface area contributed by atoms with E-state index in [1.807, 2.05) is 38.1 Å². The van der Waals surface area contributed by atoms with Crippen LogP contribution in [0.2, 0.25) is 0 Å². The molecule has 2 aromatic carbocycles. The summed E-state index contributed by atoms with van der Waals surface area (Å²) in [6.07, 6.45) is 3.79. The summed E-state index contributed by atoms with van der Waals surface area (Å²) in [6.45, 7) is 3.78. The third-order valence-corrected chi connectivity index (χ3v) is 6.37. The number of carbonyl (C=O) groups is 1. The van der Waals surface area contributed by atoms with E-state index in [0.29, 0.717) is 17.5 Å². The molecule has 0 saturated carbocycles. The Kier molecular flexibility index (Phi) is 6.06. The number of sulfonamides is 1. The van der Waals surface area contributed by atoms with Crippen molar-refractivity contribution in [1.82, 2.24) is 9.29 Å². The van der Waals surface area contributed by atoms with Crippen LogP contribution in [0.5, 0.6) is 0 Å². The standard InChI is InChI=1S/C21H23N3O3S/c1-3-13-24(15-21(25)23-19-9-5-4-7-16(19)2)28(26,27)20-10-6-8-17-14-22-12-11-18(17)20/h4-12,14H,3,13,15H2,1-2H3,(H,23,25). The number of carbonyl (C=O) groups excluding carboxylic acids is 1. The molecule has 0 bridgehead atoms. The monoisotopic (exact) mass is 397 g/mol. The predicted octanol–water partition coefficient (Wildman–Crippen LogP) is 3.58. The third-order valence-electron chi connectivity index (χ3n) is 4.47. The molecule has 1 amide bonds. The van der Waals surface area contributed by atoms with Crippen molar-refractivity contribution in [2.45, 2.75) is 25.2 Å². The van der Waals surface area contributed by atoms with Crippen LogP contribution >= 0.6 is 0 Å². The largest absolute Gasteiger partial charge is 0.325 e. The Morgan fingerprint density at radius 2 is 1.89 bits per heavy atom. The van der Waals surface area contributed by atoms with Gasteiger partial charge in [0.15, 0.2) is 0 Å². The lowest BCUT2D eigenvalue weighted by Gasteiger charge is -2.22. The lowest BCUT2D eigenvalue weighted by atomic mass is 10.2. The molecule has 6 nitrogen and oxygen atoms in total. The maximum absolute atomic E-state index is 13.3. The van der Waals surface area contributed by atoms with E-state index in [0.717, 1.165) is 10.9 Å². The van der Waals surface area contributed by atoms with Gasteiger partial charge in [0.2, 0.25) is 15.9 Å². The molecule has 146 valence electrons. The van der Waals surface area contributed by atoms with E-state index in [9.17, 15) is 13.2 Å². The van der Waals surface area contributed by atoms with Gasteiger partial charge in [0.25, 0.3) is 0 Å². The molecule has 0 spiro atoms. The molecule has 1 N–H and O–H groups in total. The van der Waals surface area contributed by atoms with Gasteiger partial charge in [-0.1, -0.05) is 37.3 Å². The van der Waals surface area contributed by atoms with Crippen molar-refractivity contribution in [3.05, 3.63) is 66.5 Å². The van der Waals surface area contributed by atoms with Crippen molar-refractivity contribution in [3.63, 3.8) is 0 Å². The molecule has 0 radical (unpaired) electrons. The van der Waals surface area contributed by atoms with Gasteiger partial charge in [-0.25, -0.2) is 8.42 Å². The molecular weight excluding hydrogens is 374 g/mol. The minimum absolute atomic E-state index is 0.185. The number of hydrogen-bond donors (Lipinski definition) is 1. The summed E-state index contributed by atoms with van der Waals surface area (Å²) >= 11 is 0. The van der Waals surface area contributed by atoms with E-state index in [4.69, 9.17) is 0 Å². The zero-order valence-corrected chi connectivity index (χ0v) is 16.7. The van der Waals surface area contributed by atoms with Gasteiger partial charge in [-0.3, -0.25) is 9.78 Å². The van der Waals surface area contributed by atoms with Crippen LogP contribution in [0.15, 0.2) is 65.8 Å². The van der Waals surface area contributed by atoms with Crippen LogP contribution in [-0.2, 0) is 14.8 Å². The zero-order valence-electron chi connectivity index (χ0n) is 15.9. The normalized spacial score (nSPS) is 11.7. The summed E-state index contributed by atoms with van der Waals surface area (Å²) in [5.41, 5.74) is 1.60. The van der Waals surface area contributed by atoms with E-state index in [1.54, 1.807) is 36.7 Å². The van der Waals surface area contributed by atoms with E-state index in [1.165, 1.54) is 4.31 Å². The lowest BCUT2D eigenvalue weighted by Crippen LogP contribution is -2.38. The molecule has 0 aliphatic carbocycles. The molecule has 1 aromatic heterocycles.